The quantitative estimate of drug-likeness (QED) is 0.157. The third kappa shape index (κ3) is 6.01. The lowest BCUT2D eigenvalue weighted by Gasteiger charge is -2.11. The molecule has 0 aliphatic rings. The lowest BCUT2D eigenvalue weighted by molar-refractivity contribution is 0.411. The predicted octanol–water partition coefficient (Wildman–Crippen LogP) is 4.10. The summed E-state index contributed by atoms with van der Waals surface area (Å²) in [5.41, 5.74) is 0. The van der Waals surface area contributed by atoms with Gasteiger partial charge in [-0.15, -0.1) is 0 Å². The van der Waals surface area contributed by atoms with Gasteiger partial charge in [-0.05, 0) is 35.6 Å². The van der Waals surface area contributed by atoms with Crippen LogP contribution in [0.2, 0.25) is 19.6 Å². The molecule has 0 radical (unpaired) electrons. The van der Waals surface area contributed by atoms with E-state index in [4.69, 9.17) is 0 Å². The molecule has 0 N–H and O–H groups in total. The molecule has 32 heavy (non-hydrogen) atoms. The molecule has 1 unspecified atom stereocenters. The van der Waals surface area contributed by atoms with E-state index in [0.717, 1.165) is 0 Å². The minimum atomic E-state index is -2.27. The summed E-state index contributed by atoms with van der Waals surface area (Å²) in [6.45, 7) is 4.54. The molecule has 0 fully saturated rings. The van der Waals surface area contributed by atoms with E-state index in [0.29, 0.717) is 5.19 Å². The number of hydrogen-bond donors (Lipinski definition) is 0. The highest BCUT2D eigenvalue weighted by Gasteiger charge is 2.29. The summed E-state index contributed by atoms with van der Waals surface area (Å²) >= 11 is 0. The Morgan fingerprint density at radius 1 is 0.625 bits per heavy atom. The Balaban J connectivity index is 0.000000330. The van der Waals surface area contributed by atoms with Crippen molar-refractivity contribution in [2.75, 3.05) is 0 Å². The first-order chi connectivity index (χ1) is 14.9. The van der Waals surface area contributed by atoms with Gasteiger partial charge in [0.2, 0.25) is 9.85 Å². The molecule has 3 aromatic carbocycles. The standard InChI is InChI=1S/C11H5F7Si.C7H8F2Si.CH5FSi/c1-19-11-3-2(5(13)9(17)10(11)18)4(12)7(15)8(16)6(3)14;1-10(9)7-4-2-6(8)3-5-7;1-3-2/h19H2,1H3;2-5,10H,1H3;3H2,1H3. The minimum Gasteiger partial charge on any atom is -0.323 e. The molecule has 0 bridgehead atoms. The fraction of sp³-hybridized carbons (Fsp3) is 0.158. The predicted molar refractivity (Wildman–Crippen MR) is 113 cm³/mol. The Kier molecular flexibility index (Phi) is 10.6. The topological polar surface area (TPSA) is 0 Å². The number of fused-ring (bicyclic) bond motifs is 1. The Morgan fingerprint density at radius 2 is 1.00 bits per heavy atom. The lowest BCUT2D eigenvalue weighted by atomic mass is 10.1. The van der Waals surface area contributed by atoms with Gasteiger partial charge in [-0.2, -0.15) is 0 Å². The summed E-state index contributed by atoms with van der Waals surface area (Å²) in [5, 5.41) is -2.44. The zero-order valence-corrected chi connectivity index (χ0v) is 21.1. The van der Waals surface area contributed by atoms with Crippen molar-refractivity contribution < 1.29 is 43.3 Å². The van der Waals surface area contributed by atoms with Crippen molar-refractivity contribution in [3.63, 3.8) is 0 Å². The van der Waals surface area contributed by atoms with Crippen LogP contribution >= 0.6 is 0 Å². The summed E-state index contributed by atoms with van der Waals surface area (Å²) in [7, 11) is -4.94. The fourth-order valence-electron chi connectivity index (χ4n) is 2.63. The largest absolute Gasteiger partial charge is 0.323 e. The van der Waals surface area contributed by atoms with Crippen molar-refractivity contribution in [3.05, 3.63) is 70.8 Å². The maximum Gasteiger partial charge on any atom is 0.259 e. The van der Waals surface area contributed by atoms with Crippen molar-refractivity contribution in [2.24, 2.45) is 0 Å². The average molecular weight is 521 g/mol. The number of halogens is 10. The molecule has 3 rings (SSSR count). The molecule has 0 heterocycles. The normalized spacial score (nSPS) is 12.2. The molecule has 1 atom stereocenters. The van der Waals surface area contributed by atoms with Crippen LogP contribution < -0.4 is 10.4 Å². The average Bonchev–Trinajstić information content (AvgIpc) is 2.75. The molecule has 0 spiro atoms. The van der Waals surface area contributed by atoms with Gasteiger partial charge in [-0.1, -0.05) is 18.7 Å². The molecule has 0 saturated carbocycles. The minimum absolute atomic E-state index is 0.307. The molecule has 0 nitrogen and oxygen atoms in total. The van der Waals surface area contributed by atoms with Gasteiger partial charge in [-0.25, -0.2) is 35.1 Å². The van der Waals surface area contributed by atoms with E-state index in [-0.39, 0.29) is 5.82 Å². The van der Waals surface area contributed by atoms with E-state index in [1.54, 1.807) is 13.1 Å². The molecule has 0 aromatic heterocycles. The van der Waals surface area contributed by atoms with Gasteiger partial charge in [-0.3, -0.25) is 0 Å². The molecule has 0 aliphatic heterocycles. The SMILES string of the molecule is C[SiH2]F.C[SiH2]c1c(F)c(F)c(F)c2c(F)c(F)c(F)c(F)c12.C[SiH](F)c1ccc(F)cc1. The van der Waals surface area contributed by atoms with E-state index in [2.05, 4.69) is 0 Å². The third-order valence-corrected chi connectivity index (χ3v) is 6.80. The molecule has 0 amide bonds. The zero-order valence-electron chi connectivity index (χ0n) is 17.1. The van der Waals surface area contributed by atoms with E-state index in [1.807, 2.05) is 0 Å². The molecule has 3 aromatic rings. The Morgan fingerprint density at radius 3 is 1.38 bits per heavy atom. The van der Waals surface area contributed by atoms with Crippen molar-refractivity contribution in [1.82, 2.24) is 0 Å². The molecule has 176 valence electrons. The maximum atomic E-state index is 13.6. The first-order valence-corrected chi connectivity index (χ1v) is 15.4. The third-order valence-electron chi connectivity index (χ3n) is 4.12. The van der Waals surface area contributed by atoms with Crippen LogP contribution in [-0.4, -0.2) is 28.5 Å². The molecular weight excluding hydrogens is 502 g/mol. The monoisotopic (exact) mass is 520 g/mol. The van der Waals surface area contributed by atoms with Gasteiger partial charge in [0.05, 0.1) is 14.9 Å². The number of rotatable bonds is 2. The summed E-state index contributed by atoms with van der Waals surface area (Å²) in [5.74, 6) is -14.5. The Bertz CT molecular complexity index is 1060. The van der Waals surface area contributed by atoms with Gasteiger partial charge in [0, 0.05) is 5.39 Å². The van der Waals surface area contributed by atoms with Gasteiger partial charge in [0.15, 0.2) is 40.7 Å². The van der Waals surface area contributed by atoms with Gasteiger partial charge < -0.3 is 8.22 Å². The second-order valence-corrected chi connectivity index (χ2v) is 10.1. The second-order valence-electron chi connectivity index (χ2n) is 6.21. The second kappa shape index (κ2) is 12.2. The molecule has 0 aliphatic carbocycles. The zero-order chi connectivity index (χ0) is 24.7. The Labute approximate surface area is 183 Å². The number of hydrogen-bond acceptors (Lipinski definition) is 0. The number of benzene rings is 3. The summed E-state index contributed by atoms with van der Waals surface area (Å²) < 4.78 is 128. The van der Waals surface area contributed by atoms with Crippen LogP contribution in [0.1, 0.15) is 0 Å². The fourth-order valence-corrected chi connectivity index (χ4v) is 4.50. The molecule has 0 saturated heterocycles. The van der Waals surface area contributed by atoms with Crippen LogP contribution in [0.4, 0.5) is 43.3 Å². The van der Waals surface area contributed by atoms with E-state index in [1.165, 1.54) is 30.8 Å². The first-order valence-electron chi connectivity index (χ1n) is 9.20. The highest BCUT2D eigenvalue weighted by molar-refractivity contribution is 6.65. The van der Waals surface area contributed by atoms with Crippen LogP contribution in [0, 0.1) is 46.5 Å². The smallest absolute Gasteiger partial charge is 0.259 e. The maximum absolute atomic E-state index is 13.6. The summed E-state index contributed by atoms with van der Waals surface area (Å²) in [4.78, 5) is 0. The van der Waals surface area contributed by atoms with Gasteiger partial charge in [0.1, 0.15) is 5.82 Å². The highest BCUT2D eigenvalue weighted by Crippen LogP contribution is 2.30. The summed E-state index contributed by atoms with van der Waals surface area (Å²) in [6, 6.07) is 5.59. The summed E-state index contributed by atoms with van der Waals surface area (Å²) in [6.07, 6.45) is 0. The van der Waals surface area contributed by atoms with Crippen molar-refractivity contribution in [2.45, 2.75) is 19.6 Å². The van der Waals surface area contributed by atoms with Crippen molar-refractivity contribution in [1.29, 1.82) is 0 Å². The highest BCUT2D eigenvalue weighted by atomic mass is 28.3. The van der Waals surface area contributed by atoms with Crippen molar-refractivity contribution in [3.8, 4) is 0 Å². The van der Waals surface area contributed by atoms with Crippen LogP contribution in [0.3, 0.4) is 0 Å². The van der Waals surface area contributed by atoms with E-state index >= 15 is 0 Å². The van der Waals surface area contributed by atoms with E-state index < -0.39 is 85.2 Å². The van der Waals surface area contributed by atoms with Gasteiger partial charge in [0.25, 0.3) is 9.13 Å². The van der Waals surface area contributed by atoms with Crippen molar-refractivity contribution >= 4 is 49.6 Å². The van der Waals surface area contributed by atoms with Gasteiger partial charge >= 0.3 is 0 Å². The van der Waals surface area contributed by atoms with E-state index in [9.17, 15) is 43.3 Å². The van der Waals surface area contributed by atoms with Crippen LogP contribution in [0.15, 0.2) is 24.3 Å². The Hall–Kier alpha value is -2.13. The van der Waals surface area contributed by atoms with Crippen LogP contribution in [0.25, 0.3) is 10.8 Å². The van der Waals surface area contributed by atoms with Crippen LogP contribution in [0.5, 0.6) is 0 Å². The lowest BCUT2D eigenvalue weighted by Crippen LogP contribution is -2.23. The first kappa shape index (κ1) is 27.9. The molecular formula is C19H18F10Si3. The van der Waals surface area contributed by atoms with Crippen LogP contribution in [-0.2, 0) is 0 Å². The molecule has 13 heteroatoms.